The lowest BCUT2D eigenvalue weighted by Crippen LogP contribution is -2.38. The van der Waals surface area contributed by atoms with Crippen molar-refractivity contribution in [3.63, 3.8) is 0 Å². The minimum Gasteiger partial charge on any atom is -0.390 e. The maximum Gasteiger partial charge on any atom is 0.0913 e. The van der Waals surface area contributed by atoms with E-state index in [1.807, 2.05) is 6.92 Å². The van der Waals surface area contributed by atoms with Gasteiger partial charge in [-0.15, -0.1) is 0 Å². The monoisotopic (exact) mass is 186 g/mol. The first-order chi connectivity index (χ1) is 6.19. The normalized spacial score (nSPS) is 30.7. The molecular weight excluding hydrogens is 164 g/mol. The molecule has 1 rings (SSSR count). The third-order valence-corrected chi connectivity index (χ3v) is 3.04. The molecule has 2 nitrogen and oxygen atoms in total. The van der Waals surface area contributed by atoms with Crippen LogP contribution in [-0.2, 0) is 4.74 Å². The summed E-state index contributed by atoms with van der Waals surface area (Å²) < 4.78 is 5.58. The van der Waals surface area contributed by atoms with E-state index < -0.39 is 0 Å². The highest BCUT2D eigenvalue weighted by Crippen LogP contribution is 2.30. The summed E-state index contributed by atoms with van der Waals surface area (Å²) in [4.78, 5) is 0. The number of unbranched alkanes of at least 4 members (excludes halogenated alkanes) is 2. The van der Waals surface area contributed by atoms with Gasteiger partial charge in [-0.05, 0) is 26.2 Å². The molecule has 0 aliphatic carbocycles. The van der Waals surface area contributed by atoms with Crippen LogP contribution in [0.3, 0.4) is 0 Å². The average molecular weight is 186 g/mol. The van der Waals surface area contributed by atoms with E-state index in [1.54, 1.807) is 0 Å². The van der Waals surface area contributed by atoms with Crippen molar-refractivity contribution in [2.75, 3.05) is 6.61 Å². The van der Waals surface area contributed by atoms with Crippen LogP contribution in [-0.4, -0.2) is 23.4 Å². The SMILES string of the molecule is CCCCC[C@H](O)[C@]1(C)CCCO1. The van der Waals surface area contributed by atoms with Crippen LogP contribution in [0.4, 0.5) is 0 Å². The molecule has 0 aromatic carbocycles. The molecule has 2 heteroatoms. The Bertz CT molecular complexity index is 139. The fraction of sp³-hybridized carbons (Fsp3) is 1.00. The van der Waals surface area contributed by atoms with E-state index in [9.17, 15) is 5.11 Å². The maximum absolute atomic E-state index is 9.91. The number of ether oxygens (including phenoxy) is 1. The van der Waals surface area contributed by atoms with Gasteiger partial charge in [-0.2, -0.15) is 0 Å². The molecule has 0 radical (unpaired) electrons. The van der Waals surface area contributed by atoms with Crippen molar-refractivity contribution in [1.29, 1.82) is 0 Å². The minimum atomic E-state index is -0.262. The van der Waals surface area contributed by atoms with Gasteiger partial charge < -0.3 is 9.84 Å². The molecule has 78 valence electrons. The number of hydrogen-bond donors (Lipinski definition) is 1. The third-order valence-electron chi connectivity index (χ3n) is 3.04. The molecule has 13 heavy (non-hydrogen) atoms. The summed E-state index contributed by atoms with van der Waals surface area (Å²) in [6, 6.07) is 0. The van der Waals surface area contributed by atoms with Crippen molar-refractivity contribution in [2.24, 2.45) is 0 Å². The van der Waals surface area contributed by atoms with Crippen molar-refractivity contribution in [1.82, 2.24) is 0 Å². The second-order valence-electron chi connectivity index (χ2n) is 4.28. The highest BCUT2D eigenvalue weighted by molar-refractivity contribution is 4.87. The average Bonchev–Trinajstić information content (AvgIpc) is 2.54. The largest absolute Gasteiger partial charge is 0.390 e. The summed E-state index contributed by atoms with van der Waals surface area (Å²) in [5, 5.41) is 9.91. The van der Waals surface area contributed by atoms with Gasteiger partial charge >= 0.3 is 0 Å². The highest BCUT2D eigenvalue weighted by atomic mass is 16.5. The van der Waals surface area contributed by atoms with Crippen molar-refractivity contribution in [3.05, 3.63) is 0 Å². The van der Waals surface area contributed by atoms with Crippen LogP contribution >= 0.6 is 0 Å². The Kier molecular flexibility index (Phi) is 4.20. The van der Waals surface area contributed by atoms with Crippen LogP contribution < -0.4 is 0 Å². The molecule has 0 spiro atoms. The molecule has 1 saturated heterocycles. The smallest absolute Gasteiger partial charge is 0.0913 e. The molecule has 0 aromatic rings. The zero-order chi connectivity index (χ0) is 9.73. The van der Waals surface area contributed by atoms with Gasteiger partial charge in [0.1, 0.15) is 0 Å². The van der Waals surface area contributed by atoms with Crippen molar-refractivity contribution < 1.29 is 9.84 Å². The molecule has 1 fully saturated rings. The van der Waals surface area contributed by atoms with Gasteiger partial charge in [0.25, 0.3) is 0 Å². The van der Waals surface area contributed by atoms with E-state index in [0.29, 0.717) is 0 Å². The predicted molar refractivity (Wildman–Crippen MR) is 53.7 cm³/mol. The van der Waals surface area contributed by atoms with Gasteiger partial charge in [-0.1, -0.05) is 26.2 Å². The molecule has 0 unspecified atom stereocenters. The number of aliphatic hydroxyl groups is 1. The van der Waals surface area contributed by atoms with Crippen LogP contribution in [0.25, 0.3) is 0 Å². The first-order valence-corrected chi connectivity index (χ1v) is 5.51. The molecule has 2 atom stereocenters. The Labute approximate surface area is 81.3 Å². The van der Waals surface area contributed by atoms with E-state index in [0.717, 1.165) is 32.3 Å². The molecule has 0 amide bonds. The summed E-state index contributed by atoms with van der Waals surface area (Å²) >= 11 is 0. The van der Waals surface area contributed by atoms with Gasteiger partial charge in [-0.3, -0.25) is 0 Å². The number of hydrogen-bond acceptors (Lipinski definition) is 2. The van der Waals surface area contributed by atoms with Crippen LogP contribution in [0.15, 0.2) is 0 Å². The Morgan fingerprint density at radius 1 is 1.46 bits per heavy atom. The summed E-state index contributed by atoms with van der Waals surface area (Å²) in [5.74, 6) is 0. The minimum absolute atomic E-state index is 0.242. The third kappa shape index (κ3) is 2.96. The molecule has 0 aromatic heterocycles. The molecule has 1 aliphatic rings. The predicted octanol–water partition coefficient (Wildman–Crippen LogP) is 2.50. The first kappa shape index (κ1) is 11.0. The van der Waals surface area contributed by atoms with Crippen molar-refractivity contribution in [2.45, 2.75) is 64.1 Å². The quantitative estimate of drug-likeness (QED) is 0.668. The first-order valence-electron chi connectivity index (χ1n) is 5.51. The summed E-state index contributed by atoms with van der Waals surface area (Å²) in [6.07, 6.45) is 6.29. The molecule has 0 bridgehead atoms. The lowest BCUT2D eigenvalue weighted by molar-refractivity contribution is -0.0809. The standard InChI is InChI=1S/C11H22O2/c1-3-4-5-7-10(12)11(2)8-6-9-13-11/h10,12H,3-9H2,1-2H3/t10-,11-/m0/s1. The van der Waals surface area contributed by atoms with Crippen LogP contribution in [0.5, 0.6) is 0 Å². The topological polar surface area (TPSA) is 29.5 Å². The number of aliphatic hydroxyl groups excluding tert-OH is 1. The Morgan fingerprint density at radius 3 is 2.77 bits per heavy atom. The van der Waals surface area contributed by atoms with Gasteiger partial charge in [0.05, 0.1) is 11.7 Å². The van der Waals surface area contributed by atoms with E-state index in [1.165, 1.54) is 12.8 Å². The fourth-order valence-electron chi connectivity index (χ4n) is 1.96. The van der Waals surface area contributed by atoms with E-state index in [2.05, 4.69) is 6.92 Å². The summed E-state index contributed by atoms with van der Waals surface area (Å²) in [5.41, 5.74) is -0.242. The van der Waals surface area contributed by atoms with Crippen molar-refractivity contribution in [3.8, 4) is 0 Å². The molecule has 1 aliphatic heterocycles. The van der Waals surface area contributed by atoms with Crippen LogP contribution in [0.1, 0.15) is 52.4 Å². The van der Waals surface area contributed by atoms with E-state index in [-0.39, 0.29) is 11.7 Å². The van der Waals surface area contributed by atoms with Gasteiger partial charge in [0.15, 0.2) is 0 Å². The Morgan fingerprint density at radius 2 is 2.23 bits per heavy atom. The molecular formula is C11H22O2. The molecule has 0 saturated carbocycles. The number of rotatable bonds is 5. The Balaban J connectivity index is 2.24. The lowest BCUT2D eigenvalue weighted by Gasteiger charge is -2.29. The van der Waals surface area contributed by atoms with Gasteiger partial charge in [-0.25, -0.2) is 0 Å². The molecule has 1 heterocycles. The Hall–Kier alpha value is -0.0800. The van der Waals surface area contributed by atoms with Crippen molar-refractivity contribution >= 4 is 0 Å². The zero-order valence-corrected chi connectivity index (χ0v) is 8.88. The van der Waals surface area contributed by atoms with Gasteiger partial charge in [0.2, 0.25) is 0 Å². The second kappa shape index (κ2) is 4.97. The van der Waals surface area contributed by atoms with Gasteiger partial charge in [0, 0.05) is 6.61 Å². The lowest BCUT2D eigenvalue weighted by atomic mass is 9.92. The zero-order valence-electron chi connectivity index (χ0n) is 8.88. The summed E-state index contributed by atoms with van der Waals surface area (Å²) in [6.45, 7) is 5.04. The van der Waals surface area contributed by atoms with Crippen LogP contribution in [0.2, 0.25) is 0 Å². The van der Waals surface area contributed by atoms with E-state index >= 15 is 0 Å². The fourth-order valence-corrected chi connectivity index (χ4v) is 1.96. The second-order valence-corrected chi connectivity index (χ2v) is 4.28. The van der Waals surface area contributed by atoms with E-state index in [4.69, 9.17) is 4.74 Å². The highest BCUT2D eigenvalue weighted by Gasteiger charge is 2.36. The molecule has 1 N–H and O–H groups in total. The maximum atomic E-state index is 9.91. The van der Waals surface area contributed by atoms with Crippen LogP contribution in [0, 0.1) is 0 Å². The summed E-state index contributed by atoms with van der Waals surface area (Å²) in [7, 11) is 0.